The quantitative estimate of drug-likeness (QED) is 0.907. The summed E-state index contributed by atoms with van der Waals surface area (Å²) in [6, 6.07) is 14.1. The summed E-state index contributed by atoms with van der Waals surface area (Å²) in [5.41, 5.74) is 1.65. The van der Waals surface area contributed by atoms with Crippen LogP contribution < -0.4 is 5.32 Å². The van der Waals surface area contributed by atoms with Gasteiger partial charge in [-0.05, 0) is 30.2 Å². The second-order valence-corrected chi connectivity index (χ2v) is 5.42. The monoisotopic (exact) mass is 268 g/mol. The van der Waals surface area contributed by atoms with E-state index in [9.17, 15) is 0 Å². The van der Waals surface area contributed by atoms with Crippen molar-refractivity contribution in [2.24, 2.45) is 0 Å². The molecule has 1 atom stereocenters. The number of hydrogen-bond acceptors (Lipinski definition) is 5. The molecule has 0 saturated heterocycles. The van der Waals surface area contributed by atoms with E-state index in [0.29, 0.717) is 11.5 Å². The second-order valence-electron chi connectivity index (χ2n) is 4.29. The summed E-state index contributed by atoms with van der Waals surface area (Å²) >= 11 is 1.89. The number of rotatable bonds is 2. The predicted octanol–water partition coefficient (Wildman–Crippen LogP) is 3.00. The first kappa shape index (κ1) is 12.0. The van der Waals surface area contributed by atoms with Gasteiger partial charge in [-0.3, -0.25) is 0 Å². The molecule has 1 aromatic heterocycles. The molecule has 0 fully saturated rings. The van der Waals surface area contributed by atoms with Crippen LogP contribution in [0.15, 0.2) is 41.3 Å². The number of aromatic nitrogens is 2. The topological polar surface area (TPSA) is 61.6 Å². The SMILES string of the molecule is N#Cc1ccc(NC2CCSc3ccccc32)nn1. The molecule has 1 aliphatic rings. The molecule has 5 heteroatoms. The molecule has 4 nitrogen and oxygen atoms in total. The van der Waals surface area contributed by atoms with Crippen molar-refractivity contribution < 1.29 is 0 Å². The Morgan fingerprint density at radius 3 is 2.89 bits per heavy atom. The molecule has 1 N–H and O–H groups in total. The van der Waals surface area contributed by atoms with Gasteiger partial charge in [0.25, 0.3) is 0 Å². The van der Waals surface area contributed by atoms with E-state index in [2.05, 4.69) is 39.8 Å². The van der Waals surface area contributed by atoms with Crippen molar-refractivity contribution in [2.75, 3.05) is 11.1 Å². The maximum Gasteiger partial charge on any atom is 0.163 e. The Labute approximate surface area is 115 Å². The molecule has 1 aromatic carbocycles. The largest absolute Gasteiger partial charge is 0.362 e. The van der Waals surface area contributed by atoms with Crippen molar-refractivity contribution in [2.45, 2.75) is 17.4 Å². The van der Waals surface area contributed by atoms with E-state index < -0.39 is 0 Å². The molecule has 1 aliphatic heterocycles. The Balaban J connectivity index is 1.82. The highest BCUT2D eigenvalue weighted by Crippen LogP contribution is 2.37. The highest BCUT2D eigenvalue weighted by Gasteiger charge is 2.20. The normalized spacial score (nSPS) is 17.3. The summed E-state index contributed by atoms with van der Waals surface area (Å²) in [6.45, 7) is 0. The molecule has 0 radical (unpaired) electrons. The van der Waals surface area contributed by atoms with Gasteiger partial charge in [-0.2, -0.15) is 5.26 Å². The van der Waals surface area contributed by atoms with Crippen molar-refractivity contribution in [3.05, 3.63) is 47.7 Å². The summed E-state index contributed by atoms with van der Waals surface area (Å²) in [7, 11) is 0. The zero-order chi connectivity index (χ0) is 13.1. The van der Waals surface area contributed by atoms with E-state index in [4.69, 9.17) is 5.26 Å². The molecule has 0 amide bonds. The highest BCUT2D eigenvalue weighted by molar-refractivity contribution is 7.99. The Bertz CT molecular complexity index is 618. The van der Waals surface area contributed by atoms with E-state index in [-0.39, 0.29) is 6.04 Å². The Morgan fingerprint density at radius 1 is 1.21 bits per heavy atom. The number of nitrogens with one attached hydrogen (secondary N) is 1. The van der Waals surface area contributed by atoms with Gasteiger partial charge in [0.2, 0.25) is 0 Å². The maximum atomic E-state index is 8.70. The molecular formula is C14H12N4S. The number of nitrogens with zero attached hydrogens (tertiary/aromatic N) is 3. The second kappa shape index (κ2) is 5.29. The smallest absolute Gasteiger partial charge is 0.163 e. The maximum absolute atomic E-state index is 8.70. The molecule has 3 rings (SSSR count). The van der Waals surface area contributed by atoms with Crippen LogP contribution in [-0.4, -0.2) is 16.0 Å². The van der Waals surface area contributed by atoms with E-state index in [0.717, 1.165) is 12.2 Å². The van der Waals surface area contributed by atoms with E-state index in [1.807, 2.05) is 17.8 Å². The third-order valence-corrected chi connectivity index (χ3v) is 4.18. The lowest BCUT2D eigenvalue weighted by Crippen LogP contribution is -2.16. The zero-order valence-electron chi connectivity index (χ0n) is 10.2. The number of hydrogen-bond donors (Lipinski definition) is 1. The number of anilines is 1. The standard InChI is InChI=1S/C14H12N4S/c15-9-10-5-6-14(18-17-10)16-12-7-8-19-13-4-2-1-3-11(12)13/h1-6,12H,7-8H2,(H,16,18). The summed E-state index contributed by atoms with van der Waals surface area (Å²) in [6.07, 6.45) is 1.06. The van der Waals surface area contributed by atoms with Crippen LogP contribution in [0, 0.1) is 11.3 Å². The van der Waals surface area contributed by atoms with Crippen LogP contribution in [0.3, 0.4) is 0 Å². The van der Waals surface area contributed by atoms with E-state index in [1.54, 1.807) is 12.1 Å². The summed E-state index contributed by atoms with van der Waals surface area (Å²) in [5, 5.41) is 20.0. The number of fused-ring (bicyclic) bond motifs is 1. The Kier molecular flexibility index (Phi) is 3.34. The first-order valence-electron chi connectivity index (χ1n) is 6.09. The summed E-state index contributed by atoms with van der Waals surface area (Å²) in [4.78, 5) is 1.33. The van der Waals surface area contributed by atoms with Gasteiger partial charge in [0, 0.05) is 10.6 Å². The molecule has 94 valence electrons. The summed E-state index contributed by atoms with van der Waals surface area (Å²) in [5.74, 6) is 1.81. The molecule has 0 saturated carbocycles. The van der Waals surface area contributed by atoms with Crippen molar-refractivity contribution in [1.82, 2.24) is 10.2 Å². The molecule has 1 unspecified atom stereocenters. The lowest BCUT2D eigenvalue weighted by Gasteiger charge is -2.26. The minimum atomic E-state index is 0.264. The van der Waals surface area contributed by atoms with Crippen LogP contribution in [0.25, 0.3) is 0 Å². The van der Waals surface area contributed by atoms with Gasteiger partial charge < -0.3 is 5.32 Å². The van der Waals surface area contributed by atoms with Gasteiger partial charge in [-0.15, -0.1) is 22.0 Å². The van der Waals surface area contributed by atoms with Gasteiger partial charge in [-0.1, -0.05) is 18.2 Å². The molecule has 2 aromatic rings. The molecule has 0 bridgehead atoms. The Morgan fingerprint density at radius 2 is 2.11 bits per heavy atom. The molecule has 2 heterocycles. The fourth-order valence-electron chi connectivity index (χ4n) is 2.14. The van der Waals surface area contributed by atoms with Gasteiger partial charge in [0.05, 0.1) is 6.04 Å². The van der Waals surface area contributed by atoms with Crippen LogP contribution in [0.5, 0.6) is 0 Å². The number of benzene rings is 1. The molecular weight excluding hydrogens is 256 g/mol. The van der Waals surface area contributed by atoms with Crippen molar-refractivity contribution in [3.8, 4) is 6.07 Å². The third kappa shape index (κ3) is 2.54. The molecule has 0 spiro atoms. The fourth-order valence-corrected chi connectivity index (χ4v) is 3.26. The first-order chi connectivity index (χ1) is 9.36. The predicted molar refractivity (Wildman–Crippen MR) is 74.9 cm³/mol. The van der Waals surface area contributed by atoms with Crippen LogP contribution in [0.1, 0.15) is 23.7 Å². The van der Waals surface area contributed by atoms with Crippen LogP contribution in [-0.2, 0) is 0 Å². The third-order valence-electron chi connectivity index (χ3n) is 3.06. The number of thioether (sulfide) groups is 1. The van der Waals surface area contributed by atoms with Gasteiger partial charge in [-0.25, -0.2) is 0 Å². The van der Waals surface area contributed by atoms with Gasteiger partial charge in [0.15, 0.2) is 5.69 Å². The fraction of sp³-hybridized carbons (Fsp3) is 0.214. The van der Waals surface area contributed by atoms with Gasteiger partial charge in [0.1, 0.15) is 11.9 Å². The van der Waals surface area contributed by atoms with Crippen molar-refractivity contribution in [3.63, 3.8) is 0 Å². The Hall–Kier alpha value is -2.06. The van der Waals surface area contributed by atoms with E-state index in [1.165, 1.54) is 10.5 Å². The van der Waals surface area contributed by atoms with Gasteiger partial charge >= 0.3 is 0 Å². The van der Waals surface area contributed by atoms with E-state index >= 15 is 0 Å². The minimum Gasteiger partial charge on any atom is -0.362 e. The highest BCUT2D eigenvalue weighted by atomic mass is 32.2. The van der Waals surface area contributed by atoms with Crippen LogP contribution in [0.4, 0.5) is 5.82 Å². The lowest BCUT2D eigenvalue weighted by atomic mass is 10.0. The van der Waals surface area contributed by atoms with Crippen molar-refractivity contribution >= 4 is 17.6 Å². The van der Waals surface area contributed by atoms with Crippen LogP contribution >= 0.6 is 11.8 Å². The lowest BCUT2D eigenvalue weighted by molar-refractivity contribution is 0.720. The molecule has 0 aliphatic carbocycles. The minimum absolute atomic E-state index is 0.264. The molecule has 19 heavy (non-hydrogen) atoms. The average Bonchev–Trinajstić information content (AvgIpc) is 2.48. The van der Waals surface area contributed by atoms with Crippen LogP contribution in [0.2, 0.25) is 0 Å². The zero-order valence-corrected chi connectivity index (χ0v) is 11.0. The average molecular weight is 268 g/mol. The first-order valence-corrected chi connectivity index (χ1v) is 7.07. The van der Waals surface area contributed by atoms with Crippen molar-refractivity contribution in [1.29, 1.82) is 5.26 Å². The summed E-state index contributed by atoms with van der Waals surface area (Å²) < 4.78 is 0. The number of nitriles is 1.